The highest BCUT2D eigenvalue weighted by atomic mass is 32.2. The third kappa shape index (κ3) is 3.73. The summed E-state index contributed by atoms with van der Waals surface area (Å²) in [6.45, 7) is 8.96. The van der Waals surface area contributed by atoms with Gasteiger partial charge in [-0.3, -0.25) is 14.2 Å². The van der Waals surface area contributed by atoms with Gasteiger partial charge in [0, 0.05) is 28.8 Å². The number of nitrogens with one attached hydrogen (secondary N) is 1. The van der Waals surface area contributed by atoms with E-state index >= 15 is 0 Å². The molecule has 4 rings (SSSR count). The zero-order valence-electron chi connectivity index (χ0n) is 17.2. The SMILES string of the molecule is CCC(C)Sc1ccc(NC(=O)c2sc3nc4n(c(=O)c3c2C)CCC4)c(C)c1. The Kier molecular flexibility index (Phi) is 5.53. The number of thiophene rings is 1. The van der Waals surface area contributed by atoms with Gasteiger partial charge < -0.3 is 5.32 Å². The molecule has 0 fully saturated rings. The molecule has 7 heteroatoms. The van der Waals surface area contributed by atoms with Crippen LogP contribution in [0.1, 0.15) is 53.3 Å². The largest absolute Gasteiger partial charge is 0.321 e. The molecule has 1 aromatic carbocycles. The molecule has 0 aliphatic carbocycles. The van der Waals surface area contributed by atoms with Crippen LogP contribution >= 0.6 is 23.1 Å². The quantitative estimate of drug-likeness (QED) is 0.571. The van der Waals surface area contributed by atoms with Crippen molar-refractivity contribution in [1.82, 2.24) is 9.55 Å². The number of thioether (sulfide) groups is 1. The number of aryl methyl sites for hydroxylation is 3. The van der Waals surface area contributed by atoms with Crippen molar-refractivity contribution in [2.45, 2.75) is 63.6 Å². The fourth-order valence-corrected chi connectivity index (χ4v) is 5.74. The zero-order valence-corrected chi connectivity index (χ0v) is 18.8. The van der Waals surface area contributed by atoms with Gasteiger partial charge in [-0.05, 0) is 56.0 Å². The van der Waals surface area contributed by atoms with Crippen molar-refractivity contribution in [3.63, 3.8) is 0 Å². The maximum absolute atomic E-state index is 13.0. The molecule has 3 aromatic rings. The second-order valence-electron chi connectivity index (χ2n) is 7.59. The normalized spacial score (nSPS) is 14.2. The summed E-state index contributed by atoms with van der Waals surface area (Å²) in [6, 6.07) is 6.13. The van der Waals surface area contributed by atoms with E-state index in [1.165, 1.54) is 16.2 Å². The number of carbonyl (C=O) groups excluding carboxylic acids is 1. The van der Waals surface area contributed by atoms with Crippen LogP contribution in [0.4, 0.5) is 5.69 Å². The number of amides is 1. The lowest BCUT2D eigenvalue weighted by Crippen LogP contribution is -2.20. The van der Waals surface area contributed by atoms with Gasteiger partial charge in [0.15, 0.2) is 0 Å². The first-order valence-corrected chi connectivity index (χ1v) is 11.7. The first-order valence-electron chi connectivity index (χ1n) is 10.0. The predicted octanol–water partition coefficient (Wildman–Crippen LogP) is 5.16. The molecule has 1 aliphatic heterocycles. The average molecular weight is 428 g/mol. The van der Waals surface area contributed by atoms with Crippen LogP contribution in [0.3, 0.4) is 0 Å². The van der Waals surface area contributed by atoms with Crippen molar-refractivity contribution in [1.29, 1.82) is 0 Å². The molecule has 1 amide bonds. The number of hydrogen-bond acceptors (Lipinski definition) is 5. The van der Waals surface area contributed by atoms with Crippen molar-refractivity contribution in [3.05, 3.63) is 50.4 Å². The molecule has 0 spiro atoms. The van der Waals surface area contributed by atoms with Gasteiger partial charge in [0.1, 0.15) is 10.7 Å². The van der Waals surface area contributed by atoms with Crippen molar-refractivity contribution < 1.29 is 4.79 Å². The number of anilines is 1. The fourth-order valence-electron chi connectivity index (χ4n) is 3.64. The summed E-state index contributed by atoms with van der Waals surface area (Å²) in [7, 11) is 0. The lowest BCUT2D eigenvalue weighted by molar-refractivity contribution is 0.103. The third-order valence-corrected chi connectivity index (χ3v) is 7.92. The van der Waals surface area contributed by atoms with Gasteiger partial charge in [0.05, 0.1) is 10.3 Å². The van der Waals surface area contributed by atoms with Gasteiger partial charge in [0.2, 0.25) is 0 Å². The molecule has 1 unspecified atom stereocenters. The van der Waals surface area contributed by atoms with Crippen molar-refractivity contribution in [2.24, 2.45) is 0 Å². The van der Waals surface area contributed by atoms with E-state index in [9.17, 15) is 9.59 Å². The van der Waals surface area contributed by atoms with Crippen LogP contribution in [0.2, 0.25) is 0 Å². The monoisotopic (exact) mass is 427 g/mol. The Morgan fingerprint density at radius 2 is 2.17 bits per heavy atom. The summed E-state index contributed by atoms with van der Waals surface area (Å²) in [6.07, 6.45) is 2.89. The summed E-state index contributed by atoms with van der Waals surface area (Å²) in [5.41, 5.74) is 2.54. The molecule has 5 nitrogen and oxygen atoms in total. The Morgan fingerprint density at radius 1 is 1.38 bits per heavy atom. The molecule has 0 bridgehead atoms. The first kappa shape index (κ1) is 20.2. The van der Waals surface area contributed by atoms with E-state index in [2.05, 4.69) is 36.3 Å². The summed E-state index contributed by atoms with van der Waals surface area (Å²) < 4.78 is 1.75. The Morgan fingerprint density at radius 3 is 2.90 bits per heavy atom. The van der Waals surface area contributed by atoms with Crippen molar-refractivity contribution in [3.8, 4) is 0 Å². The Hall–Kier alpha value is -2.12. The van der Waals surface area contributed by atoms with E-state index in [-0.39, 0.29) is 11.5 Å². The summed E-state index contributed by atoms with van der Waals surface area (Å²) >= 11 is 3.15. The van der Waals surface area contributed by atoms with Crippen LogP contribution in [0.5, 0.6) is 0 Å². The van der Waals surface area contributed by atoms with E-state index in [0.29, 0.717) is 26.9 Å². The topological polar surface area (TPSA) is 64.0 Å². The molecule has 3 heterocycles. The standard InChI is InChI=1S/C22H25N3O2S2/c1-5-13(3)28-15-8-9-16(12(2)11-15)23-20(26)19-14(4)18-21(29-19)24-17-7-6-10-25(17)22(18)27/h8-9,11,13H,5-7,10H2,1-4H3,(H,23,26). The van der Waals surface area contributed by atoms with Crippen LogP contribution in [-0.4, -0.2) is 20.7 Å². The average Bonchev–Trinajstić information content (AvgIpc) is 3.29. The lowest BCUT2D eigenvalue weighted by Gasteiger charge is -2.12. The molecular formula is C22H25N3O2S2. The number of rotatable bonds is 5. The molecule has 0 saturated carbocycles. The Bertz CT molecular complexity index is 1160. The van der Waals surface area contributed by atoms with Crippen LogP contribution < -0.4 is 10.9 Å². The van der Waals surface area contributed by atoms with Crippen LogP contribution in [-0.2, 0) is 13.0 Å². The third-order valence-electron chi connectivity index (χ3n) is 5.48. The minimum absolute atomic E-state index is 0.0158. The summed E-state index contributed by atoms with van der Waals surface area (Å²) in [5, 5.41) is 4.17. The lowest BCUT2D eigenvalue weighted by atomic mass is 10.1. The molecule has 0 radical (unpaired) electrons. The van der Waals surface area contributed by atoms with Crippen molar-refractivity contribution >= 4 is 44.9 Å². The van der Waals surface area contributed by atoms with E-state index in [0.717, 1.165) is 41.9 Å². The van der Waals surface area contributed by atoms with Crippen LogP contribution in [0.15, 0.2) is 27.9 Å². The molecule has 1 atom stereocenters. The van der Waals surface area contributed by atoms with Gasteiger partial charge in [-0.15, -0.1) is 23.1 Å². The number of hydrogen-bond donors (Lipinski definition) is 1. The fraction of sp³-hybridized carbons (Fsp3) is 0.409. The van der Waals surface area contributed by atoms with Crippen LogP contribution in [0.25, 0.3) is 10.2 Å². The van der Waals surface area contributed by atoms with E-state index in [4.69, 9.17) is 0 Å². The number of fused-ring (bicyclic) bond motifs is 2. The molecular weight excluding hydrogens is 402 g/mol. The zero-order chi connectivity index (χ0) is 20.7. The van der Waals surface area contributed by atoms with E-state index < -0.39 is 0 Å². The smallest absolute Gasteiger partial charge is 0.266 e. The van der Waals surface area contributed by atoms with Gasteiger partial charge in [-0.1, -0.05) is 13.8 Å². The minimum Gasteiger partial charge on any atom is -0.321 e. The number of nitrogens with zero attached hydrogens (tertiary/aromatic N) is 2. The highest BCUT2D eigenvalue weighted by Crippen LogP contribution is 2.31. The van der Waals surface area contributed by atoms with Gasteiger partial charge >= 0.3 is 0 Å². The Balaban J connectivity index is 1.62. The second kappa shape index (κ2) is 7.95. The van der Waals surface area contributed by atoms with Crippen LogP contribution in [0, 0.1) is 13.8 Å². The molecule has 1 aliphatic rings. The number of carbonyl (C=O) groups is 1. The second-order valence-corrected chi connectivity index (χ2v) is 10.1. The molecule has 2 aromatic heterocycles. The van der Waals surface area contributed by atoms with Gasteiger partial charge in [-0.25, -0.2) is 4.98 Å². The maximum atomic E-state index is 13.0. The first-order chi connectivity index (χ1) is 13.9. The minimum atomic E-state index is -0.180. The summed E-state index contributed by atoms with van der Waals surface area (Å²) in [4.78, 5) is 32.9. The molecule has 29 heavy (non-hydrogen) atoms. The highest BCUT2D eigenvalue weighted by molar-refractivity contribution is 7.99. The van der Waals surface area contributed by atoms with Crippen molar-refractivity contribution in [2.75, 3.05) is 5.32 Å². The molecule has 0 saturated heterocycles. The Labute approximate surface area is 178 Å². The molecule has 152 valence electrons. The van der Waals surface area contributed by atoms with E-state index in [1.807, 2.05) is 31.7 Å². The molecule has 1 N–H and O–H groups in total. The predicted molar refractivity (Wildman–Crippen MR) is 122 cm³/mol. The summed E-state index contributed by atoms with van der Waals surface area (Å²) in [5.74, 6) is 0.654. The highest BCUT2D eigenvalue weighted by Gasteiger charge is 2.23. The number of benzene rings is 1. The van der Waals surface area contributed by atoms with E-state index in [1.54, 1.807) is 4.57 Å². The number of aromatic nitrogens is 2. The van der Waals surface area contributed by atoms with Gasteiger partial charge in [0.25, 0.3) is 11.5 Å². The van der Waals surface area contributed by atoms with Gasteiger partial charge in [-0.2, -0.15) is 0 Å². The maximum Gasteiger partial charge on any atom is 0.266 e.